The smallest absolute Gasteiger partial charge is 0.352 e. The SMILES string of the molecule is CN(CC(C)(C)O)S(=O)(=O)c1cc(C(=O)O)n(C2CC2)c1. The molecule has 1 aromatic rings. The second kappa shape index (κ2) is 5.11. The van der Waals surface area contributed by atoms with Gasteiger partial charge < -0.3 is 14.8 Å². The zero-order valence-corrected chi connectivity index (χ0v) is 13.1. The van der Waals surface area contributed by atoms with E-state index in [1.54, 1.807) is 0 Å². The highest BCUT2D eigenvalue weighted by atomic mass is 32.2. The van der Waals surface area contributed by atoms with Gasteiger partial charge in [-0.25, -0.2) is 13.2 Å². The number of nitrogens with zero attached hydrogens (tertiary/aromatic N) is 2. The number of sulfonamides is 1. The van der Waals surface area contributed by atoms with Gasteiger partial charge in [0, 0.05) is 25.8 Å². The van der Waals surface area contributed by atoms with Crippen LogP contribution in [-0.2, 0) is 10.0 Å². The first-order valence-electron chi connectivity index (χ1n) is 6.66. The van der Waals surface area contributed by atoms with Crippen LogP contribution in [0.3, 0.4) is 0 Å². The van der Waals surface area contributed by atoms with Crippen LogP contribution in [0.2, 0.25) is 0 Å². The third-order valence-corrected chi connectivity index (χ3v) is 5.07. The fourth-order valence-corrected chi connectivity index (χ4v) is 3.58. The van der Waals surface area contributed by atoms with Gasteiger partial charge in [-0.1, -0.05) is 0 Å². The van der Waals surface area contributed by atoms with Gasteiger partial charge in [-0.15, -0.1) is 0 Å². The molecule has 0 amide bonds. The van der Waals surface area contributed by atoms with Crippen LogP contribution >= 0.6 is 0 Å². The van der Waals surface area contributed by atoms with Crippen molar-refractivity contribution in [3.8, 4) is 0 Å². The number of rotatable bonds is 6. The fraction of sp³-hybridized carbons (Fsp3) is 0.615. The second-order valence-corrected chi connectivity index (χ2v) is 8.12. The summed E-state index contributed by atoms with van der Waals surface area (Å²) in [5, 5.41) is 18.9. The van der Waals surface area contributed by atoms with Gasteiger partial charge in [0.15, 0.2) is 0 Å². The number of aliphatic hydroxyl groups is 1. The van der Waals surface area contributed by atoms with Crippen molar-refractivity contribution in [3.05, 3.63) is 18.0 Å². The van der Waals surface area contributed by atoms with E-state index in [0.717, 1.165) is 17.1 Å². The first kappa shape index (κ1) is 16.0. The highest BCUT2D eigenvalue weighted by Crippen LogP contribution is 2.37. The number of carbonyl (C=O) groups is 1. The van der Waals surface area contributed by atoms with E-state index in [1.165, 1.54) is 37.7 Å². The third kappa shape index (κ3) is 3.45. The van der Waals surface area contributed by atoms with Crippen molar-refractivity contribution in [1.29, 1.82) is 0 Å². The molecule has 1 heterocycles. The van der Waals surface area contributed by atoms with Gasteiger partial charge in [-0.3, -0.25) is 0 Å². The molecule has 0 bridgehead atoms. The quantitative estimate of drug-likeness (QED) is 0.812. The van der Waals surface area contributed by atoms with E-state index in [2.05, 4.69) is 0 Å². The van der Waals surface area contributed by atoms with E-state index in [4.69, 9.17) is 0 Å². The second-order valence-electron chi connectivity index (χ2n) is 6.08. The van der Waals surface area contributed by atoms with Gasteiger partial charge in [-0.2, -0.15) is 4.31 Å². The topological polar surface area (TPSA) is 99.8 Å². The molecular weight excluding hydrogens is 296 g/mol. The van der Waals surface area contributed by atoms with Crippen molar-refractivity contribution in [2.24, 2.45) is 0 Å². The molecule has 118 valence electrons. The molecule has 0 atom stereocenters. The summed E-state index contributed by atoms with van der Waals surface area (Å²) in [6.07, 6.45) is 3.08. The van der Waals surface area contributed by atoms with Crippen molar-refractivity contribution in [2.75, 3.05) is 13.6 Å². The number of aromatic carboxylic acids is 1. The lowest BCUT2D eigenvalue weighted by Gasteiger charge is -2.24. The van der Waals surface area contributed by atoms with E-state index in [9.17, 15) is 23.4 Å². The highest BCUT2D eigenvalue weighted by Gasteiger charge is 2.33. The number of hydrogen-bond acceptors (Lipinski definition) is 4. The first-order valence-corrected chi connectivity index (χ1v) is 8.10. The largest absolute Gasteiger partial charge is 0.477 e. The maximum Gasteiger partial charge on any atom is 0.352 e. The highest BCUT2D eigenvalue weighted by molar-refractivity contribution is 7.89. The molecule has 1 aromatic heterocycles. The minimum Gasteiger partial charge on any atom is -0.477 e. The predicted molar refractivity (Wildman–Crippen MR) is 75.8 cm³/mol. The first-order chi connectivity index (χ1) is 9.52. The minimum absolute atomic E-state index is 0.0206. The maximum atomic E-state index is 12.4. The molecule has 8 heteroatoms. The molecule has 0 aromatic carbocycles. The number of hydrogen-bond donors (Lipinski definition) is 2. The normalized spacial score (nSPS) is 16.4. The van der Waals surface area contributed by atoms with Crippen LogP contribution in [0.5, 0.6) is 0 Å². The van der Waals surface area contributed by atoms with Gasteiger partial charge in [0.2, 0.25) is 10.0 Å². The summed E-state index contributed by atoms with van der Waals surface area (Å²) in [5.74, 6) is -1.14. The van der Waals surface area contributed by atoms with Gasteiger partial charge >= 0.3 is 5.97 Å². The minimum atomic E-state index is -3.82. The molecule has 21 heavy (non-hydrogen) atoms. The zero-order chi connectivity index (χ0) is 16.0. The average molecular weight is 316 g/mol. The van der Waals surface area contributed by atoms with E-state index in [0.29, 0.717) is 0 Å². The van der Waals surface area contributed by atoms with Crippen molar-refractivity contribution >= 4 is 16.0 Å². The van der Waals surface area contributed by atoms with Crippen molar-refractivity contribution in [2.45, 2.75) is 43.2 Å². The Labute approximate surface area is 123 Å². The predicted octanol–water partition coefficient (Wildman–Crippen LogP) is 0.913. The molecule has 7 nitrogen and oxygen atoms in total. The van der Waals surface area contributed by atoms with Crippen LogP contribution in [0.1, 0.15) is 43.2 Å². The van der Waals surface area contributed by atoms with Crippen LogP contribution in [0.15, 0.2) is 17.2 Å². The van der Waals surface area contributed by atoms with Crippen molar-refractivity contribution in [1.82, 2.24) is 8.87 Å². The molecule has 1 fully saturated rings. The van der Waals surface area contributed by atoms with Gasteiger partial charge in [0.05, 0.1) is 5.60 Å². The van der Waals surface area contributed by atoms with E-state index >= 15 is 0 Å². The maximum absolute atomic E-state index is 12.4. The Hall–Kier alpha value is -1.38. The third-order valence-electron chi connectivity index (χ3n) is 3.30. The molecule has 1 aliphatic rings. The monoisotopic (exact) mass is 316 g/mol. The molecule has 0 radical (unpaired) electrons. The van der Waals surface area contributed by atoms with Crippen LogP contribution in [0.4, 0.5) is 0 Å². The Kier molecular flexibility index (Phi) is 3.90. The number of carboxylic acid groups (broad SMARTS) is 1. The molecule has 0 saturated heterocycles. The molecular formula is C13H20N2O5S. The summed E-state index contributed by atoms with van der Waals surface area (Å²) in [5.41, 5.74) is -1.19. The summed E-state index contributed by atoms with van der Waals surface area (Å²) in [7, 11) is -2.46. The molecule has 1 aliphatic carbocycles. The standard InChI is InChI=1S/C13H20N2O5S/c1-13(2,18)8-14(3)21(19,20)10-6-11(12(16)17)15(7-10)9-4-5-9/h6-7,9,18H,4-5,8H2,1-3H3,(H,16,17). The molecule has 0 unspecified atom stereocenters. The van der Waals surface area contributed by atoms with Gasteiger partial charge in [-0.05, 0) is 32.8 Å². The number of likely N-dealkylation sites (N-methyl/N-ethyl adjacent to an activating group) is 1. The Bertz CT molecular complexity index is 653. The van der Waals surface area contributed by atoms with Crippen molar-refractivity contribution < 1.29 is 23.4 Å². The Morgan fingerprint density at radius 1 is 1.48 bits per heavy atom. The summed E-state index contributed by atoms with van der Waals surface area (Å²) >= 11 is 0. The lowest BCUT2D eigenvalue weighted by atomic mass is 10.1. The lowest BCUT2D eigenvalue weighted by Crippen LogP contribution is -2.39. The Balaban J connectivity index is 2.36. The van der Waals surface area contributed by atoms with Gasteiger partial charge in [0.1, 0.15) is 10.6 Å². The van der Waals surface area contributed by atoms with Crippen LogP contribution in [-0.4, -0.2) is 52.7 Å². The van der Waals surface area contributed by atoms with Crippen molar-refractivity contribution in [3.63, 3.8) is 0 Å². The lowest BCUT2D eigenvalue weighted by molar-refractivity contribution is 0.0638. The van der Waals surface area contributed by atoms with Crippen LogP contribution in [0.25, 0.3) is 0 Å². The summed E-state index contributed by atoms with van der Waals surface area (Å²) in [4.78, 5) is 11.2. The average Bonchev–Trinajstić information content (AvgIpc) is 3.04. The van der Waals surface area contributed by atoms with E-state index in [-0.39, 0.29) is 23.2 Å². The van der Waals surface area contributed by atoms with Crippen LogP contribution in [0, 0.1) is 0 Å². The van der Waals surface area contributed by atoms with E-state index in [1.807, 2.05) is 0 Å². The molecule has 2 rings (SSSR count). The summed E-state index contributed by atoms with van der Waals surface area (Å²) < 4.78 is 27.4. The molecule has 2 N–H and O–H groups in total. The Morgan fingerprint density at radius 2 is 2.05 bits per heavy atom. The zero-order valence-electron chi connectivity index (χ0n) is 12.3. The summed E-state index contributed by atoms with van der Waals surface area (Å²) in [6.45, 7) is 2.94. The van der Waals surface area contributed by atoms with Gasteiger partial charge in [0.25, 0.3) is 0 Å². The molecule has 0 spiro atoms. The summed E-state index contributed by atoms with van der Waals surface area (Å²) in [6, 6.07) is 1.25. The fourth-order valence-electron chi connectivity index (χ4n) is 2.23. The number of carboxylic acids is 1. The number of aromatic nitrogens is 1. The van der Waals surface area contributed by atoms with Crippen LogP contribution < -0.4 is 0 Å². The molecule has 0 aliphatic heterocycles. The Morgan fingerprint density at radius 3 is 2.48 bits per heavy atom. The molecule has 1 saturated carbocycles. The van der Waals surface area contributed by atoms with E-state index < -0.39 is 21.6 Å².